The topological polar surface area (TPSA) is 80.4 Å². The number of rotatable bonds is 3. The van der Waals surface area contributed by atoms with Gasteiger partial charge in [0.25, 0.3) is 0 Å². The van der Waals surface area contributed by atoms with Gasteiger partial charge in [-0.05, 0) is 38.5 Å². The number of aliphatic imine (C=N–C) groups is 1. The molecule has 0 fully saturated rings. The first kappa shape index (κ1) is 17.9. The van der Waals surface area contributed by atoms with Crippen LogP contribution in [0.4, 0.5) is 0 Å². The summed E-state index contributed by atoms with van der Waals surface area (Å²) in [6, 6.07) is 7.00. The van der Waals surface area contributed by atoms with Gasteiger partial charge in [-0.2, -0.15) is 0 Å². The van der Waals surface area contributed by atoms with E-state index in [2.05, 4.69) is 24.0 Å². The molecule has 8 heteroatoms. The molecule has 1 atom stereocenters. The lowest BCUT2D eigenvalue weighted by molar-refractivity contribution is -0.288. The highest BCUT2D eigenvalue weighted by molar-refractivity contribution is 7.15. The Bertz CT molecular complexity index is 1080. The van der Waals surface area contributed by atoms with Crippen LogP contribution in [0.5, 0.6) is 0 Å². The SMILES string of the molecule is Cc1sc2c(c1C)C(c1ccc([ClH+])cc1)=N[C@@H](CC(=O)O)c1nnc(C)n1-2. The fraction of sp³-hybridized carbons (Fsp3) is 0.263. The Morgan fingerprint density at radius 3 is 2.59 bits per heavy atom. The van der Waals surface area contributed by atoms with E-state index in [0.29, 0.717) is 5.82 Å². The Morgan fingerprint density at radius 2 is 1.93 bits per heavy atom. The summed E-state index contributed by atoms with van der Waals surface area (Å²) in [5.41, 5.74) is 3.83. The molecule has 0 radical (unpaired) electrons. The summed E-state index contributed by atoms with van der Waals surface area (Å²) in [5.74, 6) is 0.363. The van der Waals surface area contributed by atoms with Crippen molar-refractivity contribution < 1.29 is 21.5 Å². The number of aliphatic carboxylic acids is 1. The van der Waals surface area contributed by atoms with Gasteiger partial charge < -0.3 is 5.11 Å². The van der Waals surface area contributed by atoms with Crippen molar-refractivity contribution in [1.82, 2.24) is 14.8 Å². The normalized spacial score (nSPS) is 15.7. The van der Waals surface area contributed by atoms with Crippen LogP contribution in [-0.2, 0) is 4.79 Å². The third-order valence-electron chi connectivity index (χ3n) is 4.74. The largest absolute Gasteiger partial charge is 0.481 e. The van der Waals surface area contributed by atoms with Gasteiger partial charge in [-0.15, -0.1) is 21.5 Å². The molecule has 27 heavy (non-hydrogen) atoms. The smallest absolute Gasteiger partial charge is 0.306 e. The second-order valence-electron chi connectivity index (χ2n) is 6.52. The first-order valence-corrected chi connectivity index (χ1v) is 9.69. The van der Waals surface area contributed by atoms with Crippen LogP contribution >= 0.6 is 11.3 Å². The van der Waals surface area contributed by atoms with Gasteiger partial charge in [-0.3, -0.25) is 14.4 Å². The molecule has 1 aliphatic heterocycles. The molecule has 1 N–H and O–H groups in total. The van der Waals surface area contributed by atoms with E-state index >= 15 is 0 Å². The molecule has 0 saturated heterocycles. The molecular weight excluding hydrogens is 384 g/mol. The molecule has 4 rings (SSSR count). The van der Waals surface area contributed by atoms with Crippen LogP contribution in [0, 0.1) is 32.4 Å². The van der Waals surface area contributed by atoms with E-state index < -0.39 is 12.0 Å². The van der Waals surface area contributed by atoms with Crippen molar-refractivity contribution >= 4 is 23.0 Å². The fourth-order valence-corrected chi connectivity index (χ4v) is 4.65. The van der Waals surface area contributed by atoms with Gasteiger partial charge in [0.05, 0.1) is 12.1 Å². The molecule has 3 heterocycles. The predicted octanol–water partition coefficient (Wildman–Crippen LogP) is 3.32. The number of thiophene rings is 1. The van der Waals surface area contributed by atoms with E-state index in [-0.39, 0.29) is 6.42 Å². The maximum Gasteiger partial charge on any atom is 0.306 e. The molecule has 6 nitrogen and oxygen atoms in total. The minimum Gasteiger partial charge on any atom is -0.481 e. The van der Waals surface area contributed by atoms with Gasteiger partial charge in [0.2, 0.25) is 5.02 Å². The summed E-state index contributed by atoms with van der Waals surface area (Å²) in [4.78, 5) is 17.5. The van der Waals surface area contributed by atoms with Crippen molar-refractivity contribution in [3.63, 3.8) is 0 Å². The molecule has 0 spiro atoms. The summed E-state index contributed by atoms with van der Waals surface area (Å²) in [6.45, 7) is 6.02. The maximum absolute atomic E-state index is 11.5. The quantitative estimate of drug-likeness (QED) is 0.730. The molecule has 1 aromatic carbocycles. The number of fused-ring (bicyclic) bond motifs is 3. The number of nitrogens with zero attached hydrogens (tertiary/aromatic N) is 4. The minimum atomic E-state index is -0.922. The Labute approximate surface area is 165 Å². The van der Waals surface area contributed by atoms with Gasteiger partial charge in [-0.25, -0.2) is 0 Å². The fourth-order valence-electron chi connectivity index (χ4n) is 3.30. The van der Waals surface area contributed by atoms with Crippen LogP contribution in [0.3, 0.4) is 0 Å². The summed E-state index contributed by atoms with van der Waals surface area (Å²) >= 11 is 6.86. The van der Waals surface area contributed by atoms with Crippen molar-refractivity contribution in [3.05, 3.63) is 62.5 Å². The van der Waals surface area contributed by atoms with Crippen molar-refractivity contribution in [2.75, 3.05) is 0 Å². The summed E-state index contributed by atoms with van der Waals surface area (Å²) in [5, 5.41) is 19.6. The number of carboxylic acid groups (broad SMARTS) is 1. The highest BCUT2D eigenvalue weighted by Crippen LogP contribution is 2.39. The van der Waals surface area contributed by atoms with Crippen molar-refractivity contribution in [2.24, 2.45) is 4.99 Å². The molecule has 2 aromatic heterocycles. The Balaban J connectivity index is 2.04. The number of aromatic nitrogens is 3. The van der Waals surface area contributed by atoms with Gasteiger partial charge in [-0.1, -0.05) is 0 Å². The number of aryl methyl sites for hydroxylation is 2. The maximum atomic E-state index is 11.5. The van der Waals surface area contributed by atoms with E-state index in [0.717, 1.165) is 38.3 Å². The van der Waals surface area contributed by atoms with Gasteiger partial charge in [0, 0.05) is 28.1 Å². The first-order valence-electron chi connectivity index (χ1n) is 8.46. The third-order valence-corrected chi connectivity index (χ3v) is 6.20. The number of hydrogen-bond acceptors (Lipinski definition) is 5. The standard InChI is InChI=1S/C19H17ClN4O2S/c1-9-10(2)27-19-16(9)17(12-4-6-13(20)7-5-12)21-14(8-15(25)26)18-23-22-11(3)24(18)19/h4-7,14,20H,8H2,1-3H3/p+1/t14-/m0/s1. The summed E-state index contributed by atoms with van der Waals surface area (Å²) in [7, 11) is 0. The van der Waals surface area contributed by atoms with E-state index in [1.165, 1.54) is 4.88 Å². The molecule has 0 unspecified atom stereocenters. The number of benzene rings is 1. The number of hydrogen-bond donors (Lipinski definition) is 1. The Kier molecular flexibility index (Phi) is 4.36. The van der Waals surface area contributed by atoms with Crippen molar-refractivity contribution in [1.29, 1.82) is 0 Å². The van der Waals surface area contributed by atoms with Crippen LogP contribution in [0.15, 0.2) is 29.3 Å². The zero-order chi connectivity index (χ0) is 19.3. The Morgan fingerprint density at radius 1 is 1.22 bits per heavy atom. The number of halogens is 1. The molecule has 138 valence electrons. The molecule has 0 saturated carbocycles. The highest BCUT2D eigenvalue weighted by Gasteiger charge is 2.32. The van der Waals surface area contributed by atoms with Crippen LogP contribution in [0.1, 0.15) is 45.7 Å². The van der Waals surface area contributed by atoms with E-state index in [1.807, 2.05) is 35.8 Å². The van der Waals surface area contributed by atoms with Gasteiger partial charge in [0.1, 0.15) is 16.9 Å². The van der Waals surface area contributed by atoms with E-state index in [9.17, 15) is 9.90 Å². The lowest BCUT2D eigenvalue weighted by Gasteiger charge is -2.10. The van der Waals surface area contributed by atoms with Crippen molar-refractivity contribution in [2.45, 2.75) is 33.2 Å². The van der Waals surface area contributed by atoms with Gasteiger partial charge in [0.15, 0.2) is 17.4 Å². The van der Waals surface area contributed by atoms with E-state index in [4.69, 9.17) is 16.6 Å². The van der Waals surface area contributed by atoms with Crippen LogP contribution in [0.2, 0.25) is 5.02 Å². The second kappa shape index (κ2) is 6.58. The average molecular weight is 402 g/mol. The second-order valence-corrected chi connectivity index (χ2v) is 8.19. The number of carboxylic acids is 1. The van der Waals surface area contributed by atoms with E-state index in [1.54, 1.807) is 11.3 Å². The van der Waals surface area contributed by atoms with Crippen LogP contribution in [0.25, 0.3) is 5.00 Å². The predicted molar refractivity (Wildman–Crippen MR) is 101 cm³/mol. The van der Waals surface area contributed by atoms with Gasteiger partial charge >= 0.3 is 5.97 Å². The first-order chi connectivity index (χ1) is 12.9. The van der Waals surface area contributed by atoms with Crippen molar-refractivity contribution in [3.8, 4) is 5.00 Å². The zero-order valence-electron chi connectivity index (χ0n) is 15.1. The molecule has 0 amide bonds. The summed E-state index contributed by atoms with van der Waals surface area (Å²) < 4.78 is 1.95. The lowest BCUT2D eigenvalue weighted by atomic mass is 9.99. The number of carbonyl (C=O) groups is 1. The zero-order valence-corrected chi connectivity index (χ0v) is 16.7. The minimum absolute atomic E-state index is 0.145. The lowest BCUT2D eigenvalue weighted by Crippen LogP contribution is -2.10. The third kappa shape index (κ3) is 2.96. The molecule has 3 aromatic rings. The average Bonchev–Trinajstić information content (AvgIpc) is 3.08. The highest BCUT2D eigenvalue weighted by atomic mass is 35.5. The molecule has 1 aliphatic rings. The van der Waals surface area contributed by atoms with Crippen LogP contribution in [-0.4, -0.2) is 31.6 Å². The van der Waals surface area contributed by atoms with Crippen LogP contribution < -0.4 is 0 Å². The monoisotopic (exact) mass is 401 g/mol. The molecular formula is C19H18ClN4O2S+. The molecule has 0 bridgehead atoms. The molecule has 0 aliphatic carbocycles. The Hall–Kier alpha value is -2.51. The summed E-state index contributed by atoms with van der Waals surface area (Å²) in [6.07, 6.45) is -0.145.